The van der Waals surface area contributed by atoms with Crippen molar-refractivity contribution in [3.05, 3.63) is 35.9 Å². The van der Waals surface area contributed by atoms with Crippen molar-refractivity contribution in [2.75, 3.05) is 0 Å². The Hall–Kier alpha value is -1.51. The molecule has 0 spiro atoms. The minimum atomic E-state index is -1.15. The lowest BCUT2D eigenvalue weighted by atomic mass is 9.83. The van der Waals surface area contributed by atoms with Crippen molar-refractivity contribution in [2.45, 2.75) is 37.7 Å². The molecule has 0 bridgehead atoms. The molecule has 86 valence electrons. The molecule has 1 aliphatic carbocycles. The predicted molar refractivity (Wildman–Crippen MR) is 60.5 cm³/mol. The van der Waals surface area contributed by atoms with Crippen LogP contribution in [0.1, 0.15) is 37.2 Å². The third-order valence-corrected chi connectivity index (χ3v) is 3.21. The number of hydrogen-bond donors (Lipinski definition) is 1. The Morgan fingerprint density at radius 2 is 1.75 bits per heavy atom. The zero-order chi connectivity index (χ0) is 11.4. The summed E-state index contributed by atoms with van der Waals surface area (Å²) in [4.78, 5) is 10.4. The van der Waals surface area contributed by atoms with E-state index in [9.17, 15) is 4.79 Å². The molecule has 1 saturated carbocycles. The molecular weight excluding hydrogens is 204 g/mol. The van der Waals surface area contributed by atoms with Crippen LogP contribution in [0.15, 0.2) is 30.3 Å². The maximum absolute atomic E-state index is 10.4. The molecule has 1 aliphatic rings. The minimum absolute atomic E-state index is 0.0996. The van der Waals surface area contributed by atoms with Gasteiger partial charge in [-0.05, 0) is 37.2 Å². The van der Waals surface area contributed by atoms with Crippen molar-refractivity contribution in [1.29, 1.82) is 0 Å². The maximum atomic E-state index is 10.4. The molecule has 0 radical (unpaired) electrons. The lowest BCUT2D eigenvalue weighted by molar-refractivity contribution is 0.0332. The fourth-order valence-corrected chi connectivity index (χ4v) is 2.38. The van der Waals surface area contributed by atoms with Crippen LogP contribution in [0.3, 0.4) is 0 Å². The Morgan fingerprint density at radius 3 is 2.31 bits per heavy atom. The van der Waals surface area contributed by atoms with Crippen molar-refractivity contribution in [3.8, 4) is 0 Å². The van der Waals surface area contributed by atoms with Gasteiger partial charge in [0.25, 0.3) is 0 Å². The Balaban J connectivity index is 1.88. The van der Waals surface area contributed by atoms with Gasteiger partial charge in [0.2, 0.25) is 0 Å². The van der Waals surface area contributed by atoms with Gasteiger partial charge in [-0.15, -0.1) is 0 Å². The normalized spacial score (nSPS) is 25.0. The minimum Gasteiger partial charge on any atom is -0.450 e. The van der Waals surface area contributed by atoms with E-state index in [1.165, 1.54) is 5.56 Å². The molecule has 1 fully saturated rings. The molecule has 0 saturated heterocycles. The summed E-state index contributed by atoms with van der Waals surface area (Å²) >= 11 is 0. The number of carbonyl (C=O) groups is 1. The molecule has 0 atom stereocenters. The highest BCUT2D eigenvalue weighted by atomic mass is 16.7. The molecule has 0 heterocycles. The molecule has 0 aromatic heterocycles. The van der Waals surface area contributed by atoms with Crippen LogP contribution in [0.2, 0.25) is 0 Å². The first-order valence-corrected chi connectivity index (χ1v) is 5.70. The molecule has 1 aromatic rings. The lowest BCUT2D eigenvalue weighted by Crippen LogP contribution is -2.22. The lowest BCUT2D eigenvalue weighted by Gasteiger charge is -2.27. The van der Waals surface area contributed by atoms with Crippen LogP contribution in [0.5, 0.6) is 0 Å². The number of rotatable bonds is 2. The number of benzene rings is 1. The van der Waals surface area contributed by atoms with Gasteiger partial charge in [0, 0.05) is 0 Å². The SMILES string of the molecule is O=C(O)O[C@H]1CC[C@H](c2ccccc2)CC1. The van der Waals surface area contributed by atoms with Gasteiger partial charge in [-0.2, -0.15) is 0 Å². The van der Waals surface area contributed by atoms with Gasteiger partial charge in [-0.25, -0.2) is 4.79 Å². The summed E-state index contributed by atoms with van der Waals surface area (Å²) in [7, 11) is 0. The predicted octanol–water partition coefficient (Wildman–Crippen LogP) is 3.41. The molecular formula is C13H16O3. The molecule has 0 amide bonds. The van der Waals surface area contributed by atoms with Gasteiger partial charge in [-0.1, -0.05) is 30.3 Å². The van der Waals surface area contributed by atoms with Crippen LogP contribution in [0.25, 0.3) is 0 Å². The average molecular weight is 220 g/mol. The third kappa shape index (κ3) is 2.75. The van der Waals surface area contributed by atoms with Crippen molar-refractivity contribution in [1.82, 2.24) is 0 Å². The fraction of sp³-hybridized carbons (Fsp3) is 0.462. The van der Waals surface area contributed by atoms with E-state index < -0.39 is 6.16 Å². The van der Waals surface area contributed by atoms with Gasteiger partial charge < -0.3 is 9.84 Å². The van der Waals surface area contributed by atoms with Crippen molar-refractivity contribution in [2.24, 2.45) is 0 Å². The first kappa shape index (κ1) is 11.0. The number of ether oxygens (including phenoxy) is 1. The molecule has 16 heavy (non-hydrogen) atoms. The van der Waals surface area contributed by atoms with Gasteiger partial charge >= 0.3 is 6.16 Å². The summed E-state index contributed by atoms with van der Waals surface area (Å²) in [6, 6.07) is 10.4. The van der Waals surface area contributed by atoms with Crippen LogP contribution in [0.4, 0.5) is 4.79 Å². The summed E-state index contributed by atoms with van der Waals surface area (Å²) in [6.07, 6.45) is 2.46. The zero-order valence-electron chi connectivity index (χ0n) is 9.13. The first-order valence-electron chi connectivity index (χ1n) is 5.70. The average Bonchev–Trinajstić information content (AvgIpc) is 2.30. The highest BCUT2D eigenvalue weighted by Crippen LogP contribution is 2.33. The van der Waals surface area contributed by atoms with E-state index in [2.05, 4.69) is 24.3 Å². The second-order valence-corrected chi connectivity index (χ2v) is 4.27. The van der Waals surface area contributed by atoms with Crippen LogP contribution in [0, 0.1) is 0 Å². The van der Waals surface area contributed by atoms with E-state index >= 15 is 0 Å². The van der Waals surface area contributed by atoms with Crippen LogP contribution < -0.4 is 0 Å². The molecule has 1 aromatic carbocycles. The largest absolute Gasteiger partial charge is 0.506 e. The van der Waals surface area contributed by atoms with Crippen molar-refractivity contribution >= 4 is 6.16 Å². The quantitative estimate of drug-likeness (QED) is 0.777. The summed E-state index contributed by atoms with van der Waals surface area (Å²) in [6.45, 7) is 0. The molecule has 3 heteroatoms. The topological polar surface area (TPSA) is 46.5 Å². The standard InChI is InChI=1S/C13H16O3/c14-13(15)16-12-8-6-11(7-9-12)10-4-2-1-3-5-10/h1-5,11-12H,6-9H2,(H,14,15)/t11-,12-. The monoisotopic (exact) mass is 220 g/mol. The Morgan fingerprint density at radius 1 is 1.12 bits per heavy atom. The highest BCUT2D eigenvalue weighted by Gasteiger charge is 2.24. The molecule has 3 nitrogen and oxygen atoms in total. The Bertz CT molecular complexity index is 339. The number of carboxylic acid groups (broad SMARTS) is 1. The Labute approximate surface area is 95.0 Å². The summed E-state index contributed by atoms with van der Waals surface area (Å²) in [5.41, 5.74) is 1.36. The van der Waals surface area contributed by atoms with E-state index in [4.69, 9.17) is 9.84 Å². The Kier molecular flexibility index (Phi) is 3.44. The summed E-state index contributed by atoms with van der Waals surface area (Å²) < 4.78 is 4.79. The highest BCUT2D eigenvalue weighted by molar-refractivity contribution is 5.57. The molecule has 1 N–H and O–H groups in total. The van der Waals surface area contributed by atoms with Crippen molar-refractivity contribution < 1.29 is 14.6 Å². The van der Waals surface area contributed by atoms with E-state index in [1.807, 2.05) is 6.07 Å². The summed E-state index contributed by atoms with van der Waals surface area (Å²) in [5.74, 6) is 0.565. The van der Waals surface area contributed by atoms with Crippen LogP contribution >= 0.6 is 0 Å². The third-order valence-electron chi connectivity index (χ3n) is 3.21. The van der Waals surface area contributed by atoms with Gasteiger partial charge in [-0.3, -0.25) is 0 Å². The van der Waals surface area contributed by atoms with E-state index in [0.717, 1.165) is 25.7 Å². The second kappa shape index (κ2) is 5.01. The van der Waals surface area contributed by atoms with Gasteiger partial charge in [0.1, 0.15) is 6.10 Å². The van der Waals surface area contributed by atoms with Gasteiger partial charge in [0.15, 0.2) is 0 Å². The molecule has 2 rings (SSSR count). The van der Waals surface area contributed by atoms with Crippen LogP contribution in [-0.2, 0) is 4.74 Å². The van der Waals surface area contributed by atoms with Crippen molar-refractivity contribution in [3.63, 3.8) is 0 Å². The zero-order valence-corrected chi connectivity index (χ0v) is 9.13. The smallest absolute Gasteiger partial charge is 0.450 e. The molecule has 0 aliphatic heterocycles. The first-order chi connectivity index (χ1) is 7.75. The second-order valence-electron chi connectivity index (χ2n) is 4.27. The van der Waals surface area contributed by atoms with E-state index in [0.29, 0.717) is 5.92 Å². The van der Waals surface area contributed by atoms with Gasteiger partial charge in [0.05, 0.1) is 0 Å². The van der Waals surface area contributed by atoms with E-state index in [1.54, 1.807) is 0 Å². The maximum Gasteiger partial charge on any atom is 0.506 e. The van der Waals surface area contributed by atoms with Crippen LogP contribution in [-0.4, -0.2) is 17.4 Å². The molecule has 0 unspecified atom stereocenters. The fourth-order valence-electron chi connectivity index (χ4n) is 2.38. The van der Waals surface area contributed by atoms with E-state index in [-0.39, 0.29) is 6.10 Å². The summed E-state index contributed by atoms with van der Waals surface area (Å²) in [5, 5.41) is 8.53. The number of hydrogen-bond acceptors (Lipinski definition) is 2.